The number of nitrogens with zero attached hydrogens (tertiary/aromatic N) is 3. The van der Waals surface area contributed by atoms with Crippen molar-refractivity contribution in [3.63, 3.8) is 0 Å². The molecule has 1 aliphatic rings. The van der Waals surface area contributed by atoms with Gasteiger partial charge >= 0.3 is 16.1 Å². The van der Waals surface area contributed by atoms with Crippen LogP contribution >= 0.6 is 11.3 Å². The Morgan fingerprint density at radius 1 is 1.07 bits per heavy atom. The maximum absolute atomic E-state index is 13.6. The molecule has 11 nitrogen and oxygen atoms in total. The summed E-state index contributed by atoms with van der Waals surface area (Å²) in [5, 5.41) is 11.2. The Hall–Kier alpha value is -4.88. The van der Waals surface area contributed by atoms with Gasteiger partial charge in [-0.25, -0.2) is 9.79 Å². The minimum Gasteiger partial charge on any atom is -0.466 e. The Morgan fingerprint density at radius 3 is 2.40 bits per heavy atom. The van der Waals surface area contributed by atoms with Crippen molar-refractivity contribution in [2.24, 2.45) is 4.99 Å². The third kappa shape index (κ3) is 5.39. The van der Waals surface area contributed by atoms with Gasteiger partial charge in [0, 0.05) is 11.6 Å². The minimum atomic E-state index is -4.34. The number of carbonyl (C=O) groups is 1. The van der Waals surface area contributed by atoms with Crippen molar-refractivity contribution in [3.05, 3.63) is 131 Å². The van der Waals surface area contributed by atoms with Gasteiger partial charge in [0.1, 0.15) is 10.6 Å². The Balaban J connectivity index is 1.49. The normalized spacial score (nSPS) is 15.1. The summed E-state index contributed by atoms with van der Waals surface area (Å²) in [6.45, 7) is 3.20. The molecule has 0 saturated carbocycles. The van der Waals surface area contributed by atoms with Gasteiger partial charge in [0.05, 0.1) is 33.9 Å². The van der Waals surface area contributed by atoms with Crippen molar-refractivity contribution in [2.75, 3.05) is 7.11 Å². The van der Waals surface area contributed by atoms with E-state index in [1.54, 1.807) is 25.1 Å². The number of benzene rings is 3. The maximum Gasteiger partial charge on any atom is 0.339 e. The summed E-state index contributed by atoms with van der Waals surface area (Å²) in [5.74, 6) is -0.593. The van der Waals surface area contributed by atoms with Crippen LogP contribution in [0.3, 0.4) is 0 Å². The fourth-order valence-corrected chi connectivity index (χ4v) is 6.53. The number of nitro benzene ring substituents is 1. The number of thiazole rings is 1. The zero-order chi connectivity index (χ0) is 30.2. The Labute approximate surface area is 243 Å². The van der Waals surface area contributed by atoms with Crippen molar-refractivity contribution in [1.29, 1.82) is 0 Å². The number of rotatable bonds is 7. The second-order valence-electron chi connectivity index (χ2n) is 9.30. The van der Waals surface area contributed by atoms with Gasteiger partial charge in [-0.05, 0) is 49.2 Å². The molecule has 13 heteroatoms. The number of nitro groups is 1. The molecule has 0 amide bonds. The molecular formula is C29H23N3O8S2. The monoisotopic (exact) mass is 605 g/mol. The van der Waals surface area contributed by atoms with Crippen LogP contribution in [0, 0.1) is 17.0 Å². The summed E-state index contributed by atoms with van der Waals surface area (Å²) in [6.07, 6.45) is 1.63. The summed E-state index contributed by atoms with van der Waals surface area (Å²) in [4.78, 5) is 41.5. The number of aryl methyl sites for hydroxylation is 1. The quantitative estimate of drug-likeness (QED) is 0.135. The lowest BCUT2D eigenvalue weighted by atomic mass is 9.96. The number of carbonyl (C=O) groups excluding carboxylic acids is 1. The molecule has 0 N–H and O–H groups in total. The molecule has 5 rings (SSSR count). The number of esters is 1. The van der Waals surface area contributed by atoms with Crippen molar-refractivity contribution >= 4 is 39.2 Å². The third-order valence-electron chi connectivity index (χ3n) is 6.59. The van der Waals surface area contributed by atoms with Crippen LogP contribution in [0.5, 0.6) is 5.75 Å². The van der Waals surface area contributed by atoms with E-state index in [1.807, 2.05) is 30.3 Å². The van der Waals surface area contributed by atoms with E-state index >= 15 is 0 Å². The van der Waals surface area contributed by atoms with Crippen LogP contribution in [0.25, 0.3) is 6.08 Å². The average Bonchev–Trinajstić information content (AvgIpc) is 3.27. The first-order valence-electron chi connectivity index (χ1n) is 12.5. The number of aromatic nitrogens is 1. The number of allylic oxidation sites excluding steroid dienone is 1. The molecule has 0 aliphatic carbocycles. The van der Waals surface area contributed by atoms with E-state index in [2.05, 4.69) is 4.99 Å². The van der Waals surface area contributed by atoms with Gasteiger partial charge in [-0.3, -0.25) is 19.5 Å². The number of methoxy groups -OCH3 is 1. The first-order chi connectivity index (χ1) is 20.0. The Kier molecular flexibility index (Phi) is 7.63. The maximum atomic E-state index is 13.6. The van der Waals surface area contributed by atoms with Crippen LogP contribution in [0.15, 0.2) is 98.7 Å². The lowest BCUT2D eigenvalue weighted by Crippen LogP contribution is -2.39. The van der Waals surface area contributed by atoms with Crippen molar-refractivity contribution in [3.8, 4) is 5.75 Å². The van der Waals surface area contributed by atoms with Gasteiger partial charge in [0.15, 0.2) is 4.80 Å². The lowest BCUT2D eigenvalue weighted by molar-refractivity contribution is -0.385. The number of fused-ring (bicyclic) bond motifs is 1. The van der Waals surface area contributed by atoms with E-state index in [4.69, 9.17) is 8.92 Å². The Morgan fingerprint density at radius 2 is 1.76 bits per heavy atom. The topological polar surface area (TPSA) is 147 Å². The fourth-order valence-electron chi connectivity index (χ4n) is 4.53. The molecule has 214 valence electrons. The summed E-state index contributed by atoms with van der Waals surface area (Å²) in [5.41, 5.74) is 1.65. The van der Waals surface area contributed by atoms with Crippen molar-refractivity contribution in [1.82, 2.24) is 4.57 Å². The zero-order valence-corrected chi connectivity index (χ0v) is 24.1. The molecule has 0 saturated heterocycles. The SMILES string of the molecule is COC(=O)C1=C(C)N=c2sc(=Cc3ccc(OS(=O)(=O)c4ccc(C)c([N+](=O)[O-])c4)cc3)c(=O)n2C1c1ccccc1. The van der Waals surface area contributed by atoms with E-state index < -0.39 is 27.1 Å². The van der Waals surface area contributed by atoms with E-state index in [1.165, 1.54) is 42.9 Å². The largest absolute Gasteiger partial charge is 0.466 e. The average molecular weight is 606 g/mol. The highest BCUT2D eigenvalue weighted by molar-refractivity contribution is 7.87. The molecule has 0 radical (unpaired) electrons. The van der Waals surface area contributed by atoms with Gasteiger partial charge in [-0.1, -0.05) is 59.9 Å². The molecule has 0 fully saturated rings. The highest BCUT2D eigenvalue weighted by Gasteiger charge is 2.33. The van der Waals surface area contributed by atoms with Crippen LogP contribution in [0.1, 0.15) is 29.7 Å². The molecule has 1 unspecified atom stereocenters. The van der Waals surface area contributed by atoms with Crippen LogP contribution < -0.4 is 19.1 Å². The zero-order valence-electron chi connectivity index (χ0n) is 22.5. The molecular weight excluding hydrogens is 582 g/mol. The standard InChI is InChI=1S/C29H23N3O8S2/c1-17-9-14-22(16-23(17)32(35)36)42(37,38)40-21-12-10-19(11-13-21)15-24-27(33)31-26(20-7-5-4-6-8-20)25(28(34)39-3)18(2)30-29(31)41-24/h4-16,26H,1-3H3. The molecule has 3 aromatic carbocycles. The molecule has 1 aromatic heterocycles. The predicted octanol–water partition coefficient (Wildman–Crippen LogP) is 3.39. The van der Waals surface area contributed by atoms with Crippen LogP contribution in [-0.4, -0.2) is 31.0 Å². The number of ether oxygens (including phenoxy) is 1. The predicted molar refractivity (Wildman–Crippen MR) is 154 cm³/mol. The van der Waals surface area contributed by atoms with Gasteiger partial charge in [-0.15, -0.1) is 0 Å². The highest BCUT2D eigenvalue weighted by Crippen LogP contribution is 2.30. The van der Waals surface area contributed by atoms with E-state index in [0.29, 0.717) is 26.2 Å². The van der Waals surface area contributed by atoms with Crippen LogP contribution in [0.4, 0.5) is 5.69 Å². The molecule has 1 aliphatic heterocycles. The first-order valence-corrected chi connectivity index (χ1v) is 14.7. The summed E-state index contributed by atoms with van der Waals surface area (Å²) in [6, 6.07) is 17.9. The second-order valence-corrected chi connectivity index (χ2v) is 11.9. The van der Waals surface area contributed by atoms with Crippen LogP contribution in [0.2, 0.25) is 0 Å². The van der Waals surface area contributed by atoms with E-state index in [9.17, 15) is 28.1 Å². The second kappa shape index (κ2) is 11.2. The first kappa shape index (κ1) is 28.6. The summed E-state index contributed by atoms with van der Waals surface area (Å²) in [7, 11) is -3.06. The van der Waals surface area contributed by atoms with Gasteiger partial charge in [0.2, 0.25) is 0 Å². The fraction of sp³-hybridized carbons (Fsp3) is 0.138. The van der Waals surface area contributed by atoms with E-state index in [-0.39, 0.29) is 27.5 Å². The minimum absolute atomic E-state index is 0.0146. The van der Waals surface area contributed by atoms with Gasteiger partial charge in [0.25, 0.3) is 11.2 Å². The lowest BCUT2D eigenvalue weighted by Gasteiger charge is -2.24. The molecule has 0 spiro atoms. The number of hydrogen-bond acceptors (Lipinski definition) is 10. The van der Waals surface area contributed by atoms with Crippen molar-refractivity contribution in [2.45, 2.75) is 24.8 Å². The Bertz CT molecular complexity index is 2050. The summed E-state index contributed by atoms with van der Waals surface area (Å²) < 4.78 is 37.5. The highest BCUT2D eigenvalue weighted by atomic mass is 32.2. The van der Waals surface area contributed by atoms with Crippen LogP contribution in [-0.2, 0) is 19.6 Å². The molecule has 1 atom stereocenters. The smallest absolute Gasteiger partial charge is 0.339 e. The molecule has 0 bridgehead atoms. The van der Waals surface area contributed by atoms with E-state index in [0.717, 1.165) is 23.0 Å². The third-order valence-corrected chi connectivity index (χ3v) is 8.82. The molecule has 2 heterocycles. The summed E-state index contributed by atoms with van der Waals surface area (Å²) >= 11 is 1.16. The molecule has 4 aromatic rings. The molecule has 42 heavy (non-hydrogen) atoms. The van der Waals surface area contributed by atoms with Gasteiger partial charge < -0.3 is 8.92 Å². The van der Waals surface area contributed by atoms with Crippen molar-refractivity contribution < 1.29 is 27.1 Å². The van der Waals surface area contributed by atoms with Gasteiger partial charge in [-0.2, -0.15) is 8.42 Å². The number of hydrogen-bond donors (Lipinski definition) is 0.